The first kappa shape index (κ1) is 16.2. The second-order valence-corrected chi connectivity index (χ2v) is 4.66. The maximum atomic E-state index is 11.9. The van der Waals surface area contributed by atoms with Gasteiger partial charge in [0.15, 0.2) is 6.61 Å². The fraction of sp³-hybridized carbons (Fsp3) is 0.125. The van der Waals surface area contributed by atoms with Crippen molar-refractivity contribution in [3.63, 3.8) is 0 Å². The van der Waals surface area contributed by atoms with Gasteiger partial charge in [-0.1, -0.05) is 0 Å². The van der Waals surface area contributed by atoms with Gasteiger partial charge in [-0.25, -0.2) is 5.43 Å². The molecule has 1 aromatic heterocycles. The van der Waals surface area contributed by atoms with Crippen LogP contribution >= 0.6 is 0 Å². The third-order valence-corrected chi connectivity index (χ3v) is 2.90. The van der Waals surface area contributed by atoms with E-state index in [4.69, 9.17) is 10.5 Å². The molecular weight excluding hydrogens is 296 g/mol. The Morgan fingerprint density at radius 2 is 1.96 bits per heavy atom. The number of pyridine rings is 1. The van der Waals surface area contributed by atoms with Crippen molar-refractivity contribution in [2.75, 3.05) is 6.61 Å². The number of rotatable bonds is 6. The molecule has 0 aliphatic heterocycles. The Balaban J connectivity index is 1.98. The third kappa shape index (κ3) is 4.92. The van der Waals surface area contributed by atoms with Crippen molar-refractivity contribution in [2.45, 2.75) is 6.92 Å². The quantitative estimate of drug-likeness (QED) is 0.615. The topological polar surface area (TPSA) is 107 Å². The average Bonchev–Trinajstić information content (AvgIpc) is 2.58. The monoisotopic (exact) mass is 312 g/mol. The summed E-state index contributed by atoms with van der Waals surface area (Å²) >= 11 is 0. The van der Waals surface area contributed by atoms with Gasteiger partial charge in [-0.2, -0.15) is 5.10 Å². The van der Waals surface area contributed by atoms with Gasteiger partial charge >= 0.3 is 0 Å². The molecule has 0 aliphatic rings. The van der Waals surface area contributed by atoms with E-state index in [2.05, 4.69) is 15.5 Å². The molecule has 7 nitrogen and oxygen atoms in total. The van der Waals surface area contributed by atoms with E-state index in [1.807, 2.05) is 0 Å². The number of carbonyl (C=O) groups excluding carboxylic acids is 2. The van der Waals surface area contributed by atoms with Crippen molar-refractivity contribution in [1.82, 2.24) is 10.4 Å². The molecular formula is C16H16N4O3. The normalized spacial score (nSPS) is 10.9. The van der Waals surface area contributed by atoms with Crippen LogP contribution in [0.3, 0.4) is 0 Å². The number of benzene rings is 1. The Morgan fingerprint density at radius 3 is 2.57 bits per heavy atom. The molecule has 3 N–H and O–H groups in total. The van der Waals surface area contributed by atoms with Gasteiger partial charge < -0.3 is 10.5 Å². The number of hydrogen-bond acceptors (Lipinski definition) is 5. The molecule has 23 heavy (non-hydrogen) atoms. The van der Waals surface area contributed by atoms with Crippen molar-refractivity contribution in [2.24, 2.45) is 10.8 Å². The summed E-state index contributed by atoms with van der Waals surface area (Å²) in [5, 5.41) is 4.05. The first-order valence-electron chi connectivity index (χ1n) is 6.82. The van der Waals surface area contributed by atoms with Crippen LogP contribution in [0.2, 0.25) is 0 Å². The minimum Gasteiger partial charge on any atom is -0.484 e. The predicted octanol–water partition coefficient (Wildman–Crippen LogP) is 1.10. The van der Waals surface area contributed by atoms with Crippen LogP contribution in [0.15, 0.2) is 53.9 Å². The van der Waals surface area contributed by atoms with Gasteiger partial charge in [-0.05, 0) is 48.9 Å². The van der Waals surface area contributed by atoms with Gasteiger partial charge in [-0.15, -0.1) is 0 Å². The largest absolute Gasteiger partial charge is 0.484 e. The number of hydrogen-bond donors (Lipinski definition) is 2. The molecule has 2 aromatic rings. The Labute approximate surface area is 133 Å². The van der Waals surface area contributed by atoms with E-state index >= 15 is 0 Å². The number of nitrogens with zero attached hydrogens (tertiary/aromatic N) is 2. The average molecular weight is 312 g/mol. The summed E-state index contributed by atoms with van der Waals surface area (Å²) in [6, 6.07) is 10.3. The second-order valence-electron chi connectivity index (χ2n) is 4.66. The zero-order valence-corrected chi connectivity index (χ0v) is 12.5. The number of nitrogens with one attached hydrogen (secondary N) is 1. The molecule has 7 heteroatoms. The van der Waals surface area contributed by atoms with Crippen LogP contribution in [0.25, 0.3) is 0 Å². The number of amides is 2. The molecule has 0 atom stereocenters. The molecule has 2 amide bonds. The van der Waals surface area contributed by atoms with Crippen LogP contribution in [-0.2, 0) is 4.79 Å². The summed E-state index contributed by atoms with van der Waals surface area (Å²) in [5.74, 6) is -0.344. The van der Waals surface area contributed by atoms with E-state index in [-0.39, 0.29) is 12.5 Å². The van der Waals surface area contributed by atoms with E-state index in [1.165, 1.54) is 6.20 Å². The lowest BCUT2D eigenvalue weighted by atomic mass is 10.1. The van der Waals surface area contributed by atoms with Crippen LogP contribution in [0.1, 0.15) is 22.8 Å². The highest BCUT2D eigenvalue weighted by Crippen LogP contribution is 2.12. The van der Waals surface area contributed by atoms with Gasteiger partial charge in [0, 0.05) is 12.4 Å². The number of carbonyl (C=O) groups is 2. The fourth-order valence-corrected chi connectivity index (χ4v) is 1.71. The number of hydrazone groups is 1. The summed E-state index contributed by atoms with van der Waals surface area (Å²) in [6.45, 7) is 1.59. The summed E-state index contributed by atoms with van der Waals surface area (Å²) in [7, 11) is 0. The van der Waals surface area contributed by atoms with Crippen molar-refractivity contribution < 1.29 is 14.3 Å². The highest BCUT2D eigenvalue weighted by atomic mass is 16.5. The zero-order chi connectivity index (χ0) is 16.7. The molecule has 0 radical (unpaired) electrons. The minimum absolute atomic E-state index is 0.173. The maximum Gasteiger partial charge on any atom is 0.272 e. The lowest BCUT2D eigenvalue weighted by molar-refractivity contribution is -0.119. The summed E-state index contributed by atoms with van der Waals surface area (Å²) in [5.41, 5.74) is 9.34. The van der Waals surface area contributed by atoms with Crippen LogP contribution in [0.5, 0.6) is 5.75 Å². The molecule has 0 fully saturated rings. The van der Waals surface area contributed by atoms with Gasteiger partial charge in [-0.3, -0.25) is 14.6 Å². The van der Waals surface area contributed by atoms with Gasteiger partial charge in [0.1, 0.15) is 5.75 Å². The van der Waals surface area contributed by atoms with E-state index in [0.717, 1.165) is 5.56 Å². The lowest BCUT2D eigenvalue weighted by Crippen LogP contribution is -2.20. The Bertz CT molecular complexity index is 712. The molecule has 118 valence electrons. The Hall–Kier alpha value is -3.22. The molecule has 1 aromatic carbocycles. The van der Waals surface area contributed by atoms with Crippen molar-refractivity contribution in [3.8, 4) is 5.75 Å². The molecule has 0 spiro atoms. The van der Waals surface area contributed by atoms with E-state index < -0.39 is 5.91 Å². The van der Waals surface area contributed by atoms with Crippen molar-refractivity contribution >= 4 is 17.5 Å². The van der Waals surface area contributed by atoms with Crippen molar-refractivity contribution in [1.29, 1.82) is 0 Å². The molecule has 0 bridgehead atoms. The molecule has 0 saturated carbocycles. The molecule has 0 aliphatic carbocycles. The van der Waals surface area contributed by atoms with E-state index in [0.29, 0.717) is 17.0 Å². The smallest absolute Gasteiger partial charge is 0.272 e. The lowest BCUT2D eigenvalue weighted by Gasteiger charge is -2.06. The van der Waals surface area contributed by atoms with Crippen LogP contribution < -0.4 is 15.9 Å². The summed E-state index contributed by atoms with van der Waals surface area (Å²) in [6.07, 6.45) is 3.05. The van der Waals surface area contributed by atoms with Crippen LogP contribution in [0.4, 0.5) is 0 Å². The Morgan fingerprint density at radius 1 is 1.22 bits per heavy atom. The number of aromatic nitrogens is 1. The third-order valence-electron chi connectivity index (χ3n) is 2.90. The van der Waals surface area contributed by atoms with Crippen molar-refractivity contribution in [3.05, 3.63) is 59.9 Å². The summed E-state index contributed by atoms with van der Waals surface area (Å²) < 4.78 is 5.17. The molecule has 0 unspecified atom stereocenters. The van der Waals surface area contributed by atoms with Gasteiger partial charge in [0.2, 0.25) is 0 Å². The van der Waals surface area contributed by atoms with Gasteiger partial charge in [0.05, 0.1) is 11.3 Å². The summed E-state index contributed by atoms with van der Waals surface area (Å²) in [4.78, 5) is 26.4. The predicted molar refractivity (Wildman–Crippen MR) is 85.0 cm³/mol. The minimum atomic E-state index is -0.537. The highest BCUT2D eigenvalue weighted by Gasteiger charge is 2.05. The Kier molecular flexibility index (Phi) is 5.40. The number of nitrogens with two attached hydrogens (primary N) is 1. The van der Waals surface area contributed by atoms with Crippen LogP contribution in [0, 0.1) is 0 Å². The first-order valence-corrected chi connectivity index (χ1v) is 6.82. The standard InChI is InChI=1S/C16H16N4O3/c1-11(19-20-16(22)13-3-2-8-18-9-13)12-4-6-14(7-5-12)23-10-15(17)21/h2-9H,10H2,1H3,(H2,17,21)(H,20,22)/b19-11-. The maximum absolute atomic E-state index is 11.9. The first-order chi connectivity index (χ1) is 11.1. The van der Waals surface area contributed by atoms with E-state index in [9.17, 15) is 9.59 Å². The van der Waals surface area contributed by atoms with Crippen LogP contribution in [-0.4, -0.2) is 29.1 Å². The zero-order valence-electron chi connectivity index (χ0n) is 12.5. The molecule has 1 heterocycles. The second kappa shape index (κ2) is 7.69. The van der Waals surface area contributed by atoms with Gasteiger partial charge in [0.25, 0.3) is 11.8 Å². The molecule has 2 rings (SSSR count). The number of primary amides is 1. The molecule has 0 saturated heterocycles. The fourth-order valence-electron chi connectivity index (χ4n) is 1.71. The SMILES string of the molecule is C/C(=N/NC(=O)c1cccnc1)c1ccc(OCC(N)=O)cc1. The highest BCUT2D eigenvalue weighted by molar-refractivity contribution is 6.00. The number of ether oxygens (including phenoxy) is 1. The van der Waals surface area contributed by atoms with E-state index in [1.54, 1.807) is 49.5 Å².